The third-order valence-corrected chi connectivity index (χ3v) is 3.89. The molecule has 0 aliphatic rings. The molecule has 2 aromatic carbocycles. The molecule has 0 radical (unpaired) electrons. The van der Waals surface area contributed by atoms with Crippen molar-refractivity contribution in [1.29, 1.82) is 0 Å². The van der Waals surface area contributed by atoms with E-state index in [0.29, 0.717) is 41.5 Å². The summed E-state index contributed by atoms with van der Waals surface area (Å²) in [5, 5.41) is 5.37. The smallest absolute Gasteiger partial charge is 0.255 e. The van der Waals surface area contributed by atoms with Gasteiger partial charge in [0.25, 0.3) is 11.8 Å². The largest absolute Gasteiger partial charge is 0.490 e. The maximum Gasteiger partial charge on any atom is 0.255 e. The normalized spacial score (nSPS) is 10.2. The van der Waals surface area contributed by atoms with Crippen LogP contribution in [0.1, 0.15) is 47.4 Å². The number of carbonyl (C=O) groups excluding carboxylic acids is 2. The van der Waals surface area contributed by atoms with Gasteiger partial charge in [-0.1, -0.05) is 13.3 Å². The van der Waals surface area contributed by atoms with E-state index >= 15 is 0 Å². The Morgan fingerprint density at radius 2 is 1.59 bits per heavy atom. The number of amides is 2. The van der Waals surface area contributed by atoms with E-state index in [-0.39, 0.29) is 11.8 Å². The van der Waals surface area contributed by atoms with E-state index in [1.807, 2.05) is 6.92 Å². The predicted molar refractivity (Wildman–Crippen MR) is 106 cm³/mol. The number of benzene rings is 2. The van der Waals surface area contributed by atoms with Gasteiger partial charge in [0.2, 0.25) is 0 Å². The summed E-state index contributed by atoms with van der Waals surface area (Å²) in [6.07, 6.45) is 2.00. The lowest BCUT2D eigenvalue weighted by Crippen LogP contribution is -2.18. The minimum atomic E-state index is -0.260. The zero-order chi connectivity index (χ0) is 19.6. The van der Waals surface area contributed by atoms with Gasteiger partial charge in [-0.15, -0.1) is 0 Å². The molecule has 0 aliphatic carbocycles. The Kier molecular flexibility index (Phi) is 7.67. The van der Waals surface area contributed by atoms with Crippen LogP contribution < -0.4 is 20.1 Å². The van der Waals surface area contributed by atoms with E-state index in [9.17, 15) is 9.59 Å². The zero-order valence-corrected chi connectivity index (χ0v) is 16.0. The highest BCUT2D eigenvalue weighted by molar-refractivity contribution is 6.05. The Morgan fingerprint density at radius 1 is 0.889 bits per heavy atom. The summed E-state index contributed by atoms with van der Waals surface area (Å²) in [5.41, 5.74) is 1.60. The van der Waals surface area contributed by atoms with Gasteiger partial charge in [0, 0.05) is 23.9 Å². The molecule has 6 heteroatoms. The highest BCUT2D eigenvalue weighted by atomic mass is 16.5. The highest BCUT2D eigenvalue weighted by Gasteiger charge is 2.12. The Hall–Kier alpha value is -3.02. The summed E-state index contributed by atoms with van der Waals surface area (Å²) >= 11 is 0. The van der Waals surface area contributed by atoms with Crippen molar-refractivity contribution in [3.05, 3.63) is 53.6 Å². The van der Waals surface area contributed by atoms with E-state index < -0.39 is 0 Å². The fourth-order valence-electron chi connectivity index (χ4n) is 2.42. The minimum Gasteiger partial charge on any atom is -0.490 e. The van der Waals surface area contributed by atoms with E-state index in [1.54, 1.807) is 49.5 Å². The van der Waals surface area contributed by atoms with Crippen molar-refractivity contribution in [2.45, 2.75) is 26.7 Å². The Labute approximate surface area is 159 Å². The molecule has 2 N–H and O–H groups in total. The number of anilines is 1. The Balaban J connectivity index is 2.10. The molecule has 0 atom stereocenters. The van der Waals surface area contributed by atoms with Crippen molar-refractivity contribution in [1.82, 2.24) is 5.32 Å². The first-order valence-corrected chi connectivity index (χ1v) is 9.12. The molecule has 0 unspecified atom stereocenters. The molecule has 2 amide bonds. The molecule has 0 bridgehead atoms. The van der Waals surface area contributed by atoms with Gasteiger partial charge in [0.05, 0.1) is 13.2 Å². The average molecular weight is 370 g/mol. The van der Waals surface area contributed by atoms with Gasteiger partial charge < -0.3 is 20.1 Å². The van der Waals surface area contributed by atoms with Gasteiger partial charge in [0.1, 0.15) is 0 Å². The molecule has 2 rings (SSSR count). The van der Waals surface area contributed by atoms with E-state index in [0.717, 1.165) is 12.8 Å². The number of rotatable bonds is 9. The van der Waals surface area contributed by atoms with Gasteiger partial charge in [0.15, 0.2) is 11.5 Å². The fraction of sp³-hybridized carbons (Fsp3) is 0.333. The van der Waals surface area contributed by atoms with E-state index in [2.05, 4.69) is 17.6 Å². The monoisotopic (exact) mass is 370 g/mol. The van der Waals surface area contributed by atoms with Crippen LogP contribution in [0.15, 0.2) is 42.5 Å². The summed E-state index contributed by atoms with van der Waals surface area (Å²) in [4.78, 5) is 24.1. The second kappa shape index (κ2) is 10.2. The average Bonchev–Trinajstić information content (AvgIpc) is 2.69. The van der Waals surface area contributed by atoms with Crippen molar-refractivity contribution in [3.63, 3.8) is 0 Å². The molecule has 144 valence electrons. The molecule has 0 fully saturated rings. The van der Waals surface area contributed by atoms with Gasteiger partial charge in [-0.2, -0.15) is 0 Å². The lowest BCUT2D eigenvalue weighted by Gasteiger charge is -2.13. The number of hydrogen-bond donors (Lipinski definition) is 2. The first-order valence-electron chi connectivity index (χ1n) is 9.12. The number of carbonyl (C=O) groups is 2. The van der Waals surface area contributed by atoms with Crippen LogP contribution >= 0.6 is 0 Å². The lowest BCUT2D eigenvalue weighted by molar-refractivity contribution is 0.0962. The molecule has 0 aliphatic heterocycles. The molecule has 0 saturated carbocycles. The molecule has 0 saturated heterocycles. The molecular formula is C21H26N2O4. The maximum absolute atomic E-state index is 12.5. The summed E-state index contributed by atoms with van der Waals surface area (Å²) in [5.74, 6) is 0.754. The van der Waals surface area contributed by atoms with Crippen LogP contribution in [0, 0.1) is 0 Å². The van der Waals surface area contributed by atoms with Crippen LogP contribution in [0.3, 0.4) is 0 Å². The number of hydrogen-bond acceptors (Lipinski definition) is 4. The molecule has 2 aromatic rings. The van der Waals surface area contributed by atoms with Gasteiger partial charge in [-0.3, -0.25) is 9.59 Å². The highest BCUT2D eigenvalue weighted by Crippen LogP contribution is 2.29. The Morgan fingerprint density at radius 3 is 2.22 bits per heavy atom. The number of unbranched alkanes of at least 4 members (excludes halogenated alkanes) is 1. The number of nitrogens with one attached hydrogen (secondary N) is 2. The predicted octanol–water partition coefficient (Wildman–Crippen LogP) is 3.88. The third kappa shape index (κ3) is 5.74. The van der Waals surface area contributed by atoms with Crippen LogP contribution in [0.5, 0.6) is 11.5 Å². The first kappa shape index (κ1) is 20.3. The van der Waals surface area contributed by atoms with Crippen molar-refractivity contribution in [2.75, 3.05) is 25.6 Å². The van der Waals surface area contributed by atoms with Crippen LogP contribution in [0.4, 0.5) is 5.69 Å². The van der Waals surface area contributed by atoms with Crippen LogP contribution in [0.2, 0.25) is 0 Å². The standard InChI is InChI=1S/C21H26N2O4/c1-4-6-13-27-18-12-9-16(14-19(18)26-5-2)21(25)23-17-10-7-15(8-11-17)20(24)22-3/h7-12,14H,4-6,13H2,1-3H3,(H,22,24)(H,23,25). The van der Waals surface area contributed by atoms with Crippen LogP contribution in [-0.2, 0) is 0 Å². The fourth-order valence-corrected chi connectivity index (χ4v) is 2.42. The van der Waals surface area contributed by atoms with Gasteiger partial charge in [-0.25, -0.2) is 0 Å². The molecular weight excluding hydrogens is 344 g/mol. The van der Waals surface area contributed by atoms with Crippen LogP contribution in [0.25, 0.3) is 0 Å². The SMILES string of the molecule is CCCCOc1ccc(C(=O)Nc2ccc(C(=O)NC)cc2)cc1OCC. The van der Waals surface area contributed by atoms with Crippen LogP contribution in [-0.4, -0.2) is 32.1 Å². The third-order valence-electron chi connectivity index (χ3n) is 3.89. The Bertz CT molecular complexity index is 772. The second-order valence-corrected chi connectivity index (χ2v) is 5.91. The van der Waals surface area contributed by atoms with E-state index in [1.165, 1.54) is 0 Å². The van der Waals surface area contributed by atoms with Gasteiger partial charge in [-0.05, 0) is 55.8 Å². The molecule has 27 heavy (non-hydrogen) atoms. The summed E-state index contributed by atoms with van der Waals surface area (Å²) < 4.78 is 11.3. The minimum absolute atomic E-state index is 0.173. The van der Waals surface area contributed by atoms with Crippen molar-refractivity contribution in [3.8, 4) is 11.5 Å². The van der Waals surface area contributed by atoms with Gasteiger partial charge >= 0.3 is 0 Å². The zero-order valence-electron chi connectivity index (χ0n) is 16.0. The maximum atomic E-state index is 12.5. The first-order chi connectivity index (χ1) is 13.1. The van der Waals surface area contributed by atoms with Crippen molar-refractivity contribution >= 4 is 17.5 Å². The molecule has 0 aromatic heterocycles. The van der Waals surface area contributed by atoms with E-state index in [4.69, 9.17) is 9.47 Å². The summed E-state index contributed by atoms with van der Waals surface area (Å²) in [6, 6.07) is 11.8. The molecule has 6 nitrogen and oxygen atoms in total. The molecule has 0 heterocycles. The van der Waals surface area contributed by atoms with Crippen molar-refractivity contribution in [2.24, 2.45) is 0 Å². The lowest BCUT2D eigenvalue weighted by atomic mass is 10.1. The topological polar surface area (TPSA) is 76.7 Å². The number of ether oxygens (including phenoxy) is 2. The van der Waals surface area contributed by atoms with Crippen molar-refractivity contribution < 1.29 is 19.1 Å². The summed E-state index contributed by atoms with van der Waals surface area (Å²) in [7, 11) is 1.57. The second-order valence-electron chi connectivity index (χ2n) is 5.91. The summed E-state index contributed by atoms with van der Waals surface area (Å²) in [6.45, 7) is 5.08. The quantitative estimate of drug-likeness (QED) is 0.657. The molecule has 0 spiro atoms.